The van der Waals surface area contributed by atoms with Crippen LogP contribution in [0.4, 0.5) is 0 Å². The van der Waals surface area contributed by atoms with Gasteiger partial charge in [-0.25, -0.2) is 8.42 Å². The van der Waals surface area contributed by atoms with Crippen LogP contribution in [0.1, 0.15) is 12.0 Å². The lowest BCUT2D eigenvalue weighted by atomic mass is 9.99. The van der Waals surface area contributed by atoms with Crippen molar-refractivity contribution in [2.24, 2.45) is 5.92 Å². The predicted molar refractivity (Wildman–Crippen MR) is 76.2 cm³/mol. The van der Waals surface area contributed by atoms with Gasteiger partial charge in [-0.15, -0.1) is 0 Å². The Labute approximate surface area is 117 Å². The average Bonchev–Trinajstić information content (AvgIpc) is 2.70. The van der Waals surface area contributed by atoms with Crippen molar-refractivity contribution in [3.63, 3.8) is 0 Å². The lowest BCUT2D eigenvalue weighted by Gasteiger charge is -2.16. The van der Waals surface area contributed by atoms with Gasteiger partial charge in [0.2, 0.25) is 0 Å². The highest BCUT2D eigenvalue weighted by Crippen LogP contribution is 2.29. The molecule has 0 spiro atoms. The zero-order chi connectivity index (χ0) is 13.2. The molecule has 1 aromatic carbocycles. The van der Waals surface area contributed by atoms with Gasteiger partial charge >= 0.3 is 0 Å². The minimum atomic E-state index is -2.80. The van der Waals surface area contributed by atoms with Gasteiger partial charge in [-0.3, -0.25) is 0 Å². The quantitative estimate of drug-likeness (QED) is 0.795. The number of hydrogen-bond donors (Lipinski definition) is 0. The molecule has 18 heavy (non-hydrogen) atoms. The van der Waals surface area contributed by atoms with Gasteiger partial charge in [-0.1, -0.05) is 28.1 Å². The Kier molecular flexibility index (Phi) is 4.33. The fourth-order valence-electron chi connectivity index (χ4n) is 2.30. The molecule has 2 rings (SSSR count). The first-order chi connectivity index (χ1) is 8.50. The number of sulfone groups is 1. The van der Waals surface area contributed by atoms with Crippen LogP contribution in [-0.4, -0.2) is 31.9 Å². The van der Waals surface area contributed by atoms with E-state index in [4.69, 9.17) is 4.74 Å². The van der Waals surface area contributed by atoms with Crippen LogP contribution < -0.4 is 4.74 Å². The van der Waals surface area contributed by atoms with E-state index in [0.29, 0.717) is 11.5 Å². The van der Waals surface area contributed by atoms with Gasteiger partial charge < -0.3 is 4.74 Å². The predicted octanol–water partition coefficient (Wildman–Crippen LogP) is 2.44. The van der Waals surface area contributed by atoms with Gasteiger partial charge in [0.15, 0.2) is 9.84 Å². The lowest BCUT2D eigenvalue weighted by Crippen LogP contribution is -2.18. The molecule has 1 aromatic rings. The average molecular weight is 333 g/mol. The van der Waals surface area contributed by atoms with Crippen LogP contribution in [0.5, 0.6) is 5.75 Å². The van der Waals surface area contributed by atoms with E-state index in [1.165, 1.54) is 5.56 Å². The molecule has 100 valence electrons. The van der Waals surface area contributed by atoms with E-state index in [9.17, 15) is 8.42 Å². The van der Waals surface area contributed by atoms with Gasteiger partial charge in [-0.05, 0) is 36.5 Å². The zero-order valence-corrected chi connectivity index (χ0v) is 12.7. The molecule has 1 saturated heterocycles. The van der Waals surface area contributed by atoms with E-state index in [1.54, 1.807) is 7.11 Å². The Bertz CT molecular complexity index is 513. The molecule has 3 nitrogen and oxygen atoms in total. The van der Waals surface area contributed by atoms with Gasteiger partial charge in [0.1, 0.15) is 5.75 Å². The number of halogens is 1. The molecule has 0 bridgehead atoms. The summed E-state index contributed by atoms with van der Waals surface area (Å²) in [5.41, 5.74) is 1.17. The normalized spacial score (nSPS) is 23.8. The molecule has 2 atom stereocenters. The third kappa shape index (κ3) is 3.48. The van der Waals surface area contributed by atoms with Gasteiger partial charge in [0, 0.05) is 4.83 Å². The van der Waals surface area contributed by atoms with Crippen molar-refractivity contribution < 1.29 is 13.2 Å². The van der Waals surface area contributed by atoms with Gasteiger partial charge in [-0.2, -0.15) is 0 Å². The largest absolute Gasteiger partial charge is 0.497 e. The number of ether oxygens (including phenoxy) is 1. The maximum absolute atomic E-state index is 11.5. The summed E-state index contributed by atoms with van der Waals surface area (Å²) in [5, 5.41) is 0. The van der Waals surface area contributed by atoms with E-state index < -0.39 is 9.84 Å². The Balaban J connectivity index is 2.01. The van der Waals surface area contributed by atoms with Crippen LogP contribution in [0, 0.1) is 5.92 Å². The molecule has 1 heterocycles. The fourth-order valence-corrected chi connectivity index (χ4v) is 5.25. The monoisotopic (exact) mass is 332 g/mol. The summed E-state index contributed by atoms with van der Waals surface area (Å²) in [4.78, 5) is 0.210. The Morgan fingerprint density at radius 1 is 1.50 bits per heavy atom. The smallest absolute Gasteiger partial charge is 0.150 e. The van der Waals surface area contributed by atoms with E-state index in [1.807, 2.05) is 24.3 Å². The summed E-state index contributed by atoms with van der Waals surface area (Å²) in [6, 6.07) is 7.91. The first-order valence-corrected chi connectivity index (χ1v) is 8.71. The second-order valence-corrected chi connectivity index (χ2v) is 8.14. The number of benzene rings is 1. The summed E-state index contributed by atoms with van der Waals surface area (Å²) >= 11 is 3.63. The minimum Gasteiger partial charge on any atom is -0.497 e. The topological polar surface area (TPSA) is 43.4 Å². The molecule has 1 fully saturated rings. The first kappa shape index (κ1) is 13.9. The summed E-state index contributed by atoms with van der Waals surface area (Å²) in [6.45, 7) is 0. The molecule has 5 heteroatoms. The second-order valence-electron chi connectivity index (χ2n) is 4.73. The molecular formula is C13H17BrO3S. The third-order valence-electron chi connectivity index (χ3n) is 3.34. The van der Waals surface area contributed by atoms with E-state index in [-0.39, 0.29) is 10.7 Å². The van der Waals surface area contributed by atoms with Crippen molar-refractivity contribution in [1.82, 2.24) is 0 Å². The number of hydrogen-bond acceptors (Lipinski definition) is 3. The zero-order valence-electron chi connectivity index (χ0n) is 10.3. The number of methoxy groups -OCH3 is 1. The summed E-state index contributed by atoms with van der Waals surface area (Å²) in [7, 11) is -1.15. The number of alkyl halides is 1. The van der Waals surface area contributed by atoms with Crippen molar-refractivity contribution in [1.29, 1.82) is 0 Å². The summed E-state index contributed by atoms with van der Waals surface area (Å²) in [5.74, 6) is 1.71. The molecule has 0 amide bonds. The SMILES string of the molecule is COc1cccc(CC(Br)C2CCS(=O)(=O)C2)c1. The highest BCUT2D eigenvalue weighted by atomic mass is 79.9. The molecule has 0 aromatic heterocycles. The summed E-state index contributed by atoms with van der Waals surface area (Å²) in [6.07, 6.45) is 1.60. The van der Waals surface area contributed by atoms with Crippen molar-refractivity contribution >= 4 is 25.8 Å². The Morgan fingerprint density at radius 2 is 2.28 bits per heavy atom. The fraction of sp³-hybridized carbons (Fsp3) is 0.538. The Morgan fingerprint density at radius 3 is 2.89 bits per heavy atom. The molecule has 2 unspecified atom stereocenters. The van der Waals surface area contributed by atoms with E-state index >= 15 is 0 Å². The standard InChI is InChI=1S/C13H17BrO3S/c1-17-12-4-2-3-10(7-12)8-13(14)11-5-6-18(15,16)9-11/h2-4,7,11,13H,5-6,8-9H2,1H3. The second kappa shape index (κ2) is 5.61. The van der Waals surface area contributed by atoms with Crippen LogP contribution in [0.15, 0.2) is 24.3 Å². The van der Waals surface area contributed by atoms with Crippen molar-refractivity contribution in [3.8, 4) is 5.75 Å². The van der Waals surface area contributed by atoms with Crippen molar-refractivity contribution in [2.45, 2.75) is 17.7 Å². The van der Waals surface area contributed by atoms with Crippen LogP contribution >= 0.6 is 15.9 Å². The van der Waals surface area contributed by atoms with Gasteiger partial charge in [0.25, 0.3) is 0 Å². The Hall–Kier alpha value is -0.550. The molecule has 0 aliphatic carbocycles. The summed E-state index contributed by atoms with van der Waals surface area (Å²) < 4.78 is 28.1. The molecule has 1 aliphatic heterocycles. The molecule has 0 radical (unpaired) electrons. The molecule has 1 aliphatic rings. The van der Waals surface area contributed by atoms with Crippen molar-refractivity contribution in [3.05, 3.63) is 29.8 Å². The van der Waals surface area contributed by atoms with E-state index in [0.717, 1.165) is 18.6 Å². The highest BCUT2D eigenvalue weighted by Gasteiger charge is 2.32. The van der Waals surface area contributed by atoms with Crippen LogP contribution in [0.3, 0.4) is 0 Å². The minimum absolute atomic E-state index is 0.210. The lowest BCUT2D eigenvalue weighted by molar-refractivity contribution is 0.414. The van der Waals surface area contributed by atoms with Crippen molar-refractivity contribution in [2.75, 3.05) is 18.6 Å². The van der Waals surface area contributed by atoms with Crippen LogP contribution in [0.25, 0.3) is 0 Å². The third-order valence-corrected chi connectivity index (χ3v) is 6.21. The molecular weight excluding hydrogens is 316 g/mol. The number of rotatable bonds is 4. The first-order valence-electron chi connectivity index (χ1n) is 5.97. The van der Waals surface area contributed by atoms with Crippen LogP contribution in [-0.2, 0) is 16.3 Å². The van der Waals surface area contributed by atoms with Gasteiger partial charge in [0.05, 0.1) is 18.6 Å². The maximum atomic E-state index is 11.5. The highest BCUT2D eigenvalue weighted by molar-refractivity contribution is 9.09. The maximum Gasteiger partial charge on any atom is 0.150 e. The molecule has 0 saturated carbocycles. The van der Waals surface area contributed by atoms with E-state index in [2.05, 4.69) is 15.9 Å². The van der Waals surface area contributed by atoms with Crippen LogP contribution in [0.2, 0.25) is 0 Å². The molecule has 0 N–H and O–H groups in total.